The fourth-order valence-corrected chi connectivity index (χ4v) is 18.7. The van der Waals surface area contributed by atoms with Crippen molar-refractivity contribution in [3.05, 3.63) is 151 Å². The first kappa shape index (κ1) is 59.0. The van der Waals surface area contributed by atoms with Crippen LogP contribution in [0.1, 0.15) is 184 Å². The van der Waals surface area contributed by atoms with Crippen LogP contribution in [0.25, 0.3) is 10.8 Å². The van der Waals surface area contributed by atoms with Crippen LogP contribution in [-0.2, 0) is 44.9 Å². The molecule has 87 heavy (non-hydrogen) atoms. The number of hydrogen-bond acceptors (Lipinski definition) is 9. The predicted octanol–water partition coefficient (Wildman–Crippen LogP) is 10.1. The number of carbonyl (C=O) groups excluding carboxylic acids is 2. The van der Waals surface area contributed by atoms with Crippen molar-refractivity contribution in [2.45, 2.75) is 171 Å². The maximum Gasteiger partial charge on any atom is 0.335 e. The van der Waals surface area contributed by atoms with Crippen molar-refractivity contribution in [2.75, 3.05) is 85.1 Å². The summed E-state index contributed by atoms with van der Waals surface area (Å²) in [7, 11) is 0. The van der Waals surface area contributed by atoms with Gasteiger partial charge in [-0.05, 0) is 291 Å². The van der Waals surface area contributed by atoms with E-state index in [1.165, 1.54) is 187 Å². The van der Waals surface area contributed by atoms with E-state index in [9.17, 15) is 19.2 Å². The molecule has 5 aromatic rings. The summed E-state index contributed by atoms with van der Waals surface area (Å²) in [6.07, 6.45) is 28.6. The van der Waals surface area contributed by atoms with Crippen molar-refractivity contribution >= 4 is 28.6 Å². The minimum absolute atomic E-state index is 0.160. The van der Waals surface area contributed by atoms with Crippen LogP contribution in [0.4, 0.5) is 0 Å². The SMILES string of the molecule is N[C@@H]1CN2CCC1CC2.O=C(N[C@@H]1CN2CCC1CC2)c1cccc2c1CCCC2.O=C(O)c1cccc2c1CCCC2.O=C1c2cccc3c2[C@H](CCC3)CN1[C@@H]1CN2CCC1CC2.O=c1c2cccc3c2c(cn1[C@@H]1CN2CCC1CC2)CCC3. The van der Waals surface area contributed by atoms with Gasteiger partial charge in [0, 0.05) is 79.5 Å². The molecule has 8 bridgehead atoms. The number of aryl methyl sites for hydroxylation is 5. The smallest absolute Gasteiger partial charge is 0.335 e. The number of pyridine rings is 1. The molecule has 2 amide bonds. The van der Waals surface area contributed by atoms with Crippen molar-refractivity contribution in [1.82, 2.24) is 34.4 Å². The normalized spacial score (nSPS) is 31.6. The van der Waals surface area contributed by atoms with E-state index in [2.05, 4.69) is 83.0 Å². The lowest BCUT2D eigenvalue weighted by Crippen LogP contribution is -2.60. The molecule has 0 saturated carbocycles. The maximum atomic E-state index is 13.1. The van der Waals surface area contributed by atoms with E-state index < -0.39 is 5.97 Å². The third-order valence-corrected chi connectivity index (χ3v) is 23.6. The lowest BCUT2D eigenvalue weighted by atomic mass is 9.75. The third-order valence-electron chi connectivity index (χ3n) is 23.6. The lowest BCUT2D eigenvalue weighted by Gasteiger charge is -2.51. The highest BCUT2D eigenvalue weighted by molar-refractivity contribution is 5.98. The fraction of sp³-hybridized carbons (Fsp3) is 0.595. The van der Waals surface area contributed by atoms with Crippen LogP contribution in [0.15, 0.2) is 83.8 Å². The molecule has 13 nitrogen and oxygen atoms in total. The standard InChI is InChI=1S/C19H24N2O.C19H22N2O.C18H24N2O.C11H12O2.C7H14N2/c2*22-19-16-6-2-4-14-3-1-5-15(18(14)16)11-21(19)17-12-20-9-7-13(17)8-10-20;21-18(19-17-12-20-10-8-14(17)9-11-20)16-7-3-5-13-4-1-2-6-15(13)16;12-11(13)10-7-3-5-8-4-1-2-6-9(8)10;8-7-5-9-3-1-6(7)2-4-9/h2,4,6,13,15,17H,1,3,5,7-12H2;2,4,6,11,13,17H,1,3,5,7-10,12H2;3,5,7,14,17H,1-2,4,6,8-12H2,(H,19,21);3,5,7H,1-2,4,6H2,(H,12,13);6-7H,1-5,8H2/t15-,17-;2*17-;;7-/m111.1/s1. The number of piperidine rings is 12. The van der Waals surface area contributed by atoms with E-state index in [0.29, 0.717) is 53.4 Å². The summed E-state index contributed by atoms with van der Waals surface area (Å²) in [5, 5.41) is 14.5. The molecule has 5 atom stereocenters. The van der Waals surface area contributed by atoms with Gasteiger partial charge in [0.2, 0.25) is 0 Å². The van der Waals surface area contributed by atoms with E-state index >= 15 is 0 Å². The Morgan fingerprint density at radius 1 is 0.483 bits per heavy atom. The molecule has 4 aromatic carbocycles. The quantitative estimate of drug-likeness (QED) is 0.155. The van der Waals surface area contributed by atoms with E-state index in [-0.39, 0.29) is 11.5 Å². The molecule has 22 rings (SSSR count). The first-order chi connectivity index (χ1) is 42.6. The number of carboxylic acids is 1. The largest absolute Gasteiger partial charge is 0.478 e. The maximum absolute atomic E-state index is 13.1. The van der Waals surface area contributed by atoms with Crippen molar-refractivity contribution in [1.29, 1.82) is 0 Å². The highest BCUT2D eigenvalue weighted by Gasteiger charge is 2.44. The average Bonchev–Trinajstić information content (AvgIpc) is 1.78. The van der Waals surface area contributed by atoms with Gasteiger partial charge >= 0.3 is 5.97 Å². The first-order valence-corrected chi connectivity index (χ1v) is 34.6. The molecular formula is C74H96N8O5. The minimum Gasteiger partial charge on any atom is -0.478 e. The average molecular weight is 1180 g/mol. The lowest BCUT2D eigenvalue weighted by molar-refractivity contribution is 0.00257. The number of rotatable bonds is 5. The van der Waals surface area contributed by atoms with Crippen molar-refractivity contribution in [3.8, 4) is 0 Å². The van der Waals surface area contributed by atoms with Crippen LogP contribution < -0.4 is 16.6 Å². The van der Waals surface area contributed by atoms with E-state index in [0.717, 1.165) is 118 Å². The second-order valence-electron chi connectivity index (χ2n) is 28.5. The number of aromatic carboxylic acids is 1. The van der Waals surface area contributed by atoms with Crippen LogP contribution >= 0.6 is 0 Å². The summed E-state index contributed by atoms with van der Waals surface area (Å²) < 4.78 is 2.10. The van der Waals surface area contributed by atoms with Gasteiger partial charge in [-0.1, -0.05) is 48.5 Å². The summed E-state index contributed by atoms with van der Waals surface area (Å²) in [6.45, 7) is 15.3. The molecule has 4 aliphatic carbocycles. The van der Waals surface area contributed by atoms with Crippen LogP contribution in [0.3, 0.4) is 0 Å². The molecule has 14 heterocycles. The van der Waals surface area contributed by atoms with Gasteiger partial charge < -0.3 is 45.2 Å². The Labute approximate surface area is 516 Å². The van der Waals surface area contributed by atoms with Crippen molar-refractivity contribution in [3.63, 3.8) is 0 Å². The Bertz CT molecular complexity index is 3380. The number of fused-ring (bicyclic) bond motifs is 14. The monoisotopic (exact) mass is 1180 g/mol. The Morgan fingerprint density at radius 3 is 1.59 bits per heavy atom. The molecule has 462 valence electrons. The van der Waals surface area contributed by atoms with E-state index in [1.54, 1.807) is 6.07 Å². The van der Waals surface area contributed by atoms with Crippen LogP contribution in [0.2, 0.25) is 0 Å². The van der Waals surface area contributed by atoms with Gasteiger partial charge in [-0.2, -0.15) is 0 Å². The zero-order valence-corrected chi connectivity index (χ0v) is 51.8. The minimum atomic E-state index is -0.793. The molecule has 12 fully saturated rings. The van der Waals surface area contributed by atoms with Crippen molar-refractivity contribution < 1.29 is 19.5 Å². The zero-order chi connectivity index (χ0) is 59.1. The number of carboxylic acid groups (broad SMARTS) is 1. The summed E-state index contributed by atoms with van der Waals surface area (Å²) >= 11 is 0. The second kappa shape index (κ2) is 26.0. The molecule has 1 aromatic heterocycles. The van der Waals surface area contributed by atoms with Crippen LogP contribution in [0, 0.1) is 23.7 Å². The van der Waals surface area contributed by atoms with Gasteiger partial charge in [-0.25, -0.2) is 4.79 Å². The highest BCUT2D eigenvalue weighted by atomic mass is 16.4. The Balaban J connectivity index is 0.0000000987. The number of carbonyl (C=O) groups is 3. The van der Waals surface area contributed by atoms with Gasteiger partial charge in [0.1, 0.15) is 0 Å². The summed E-state index contributed by atoms with van der Waals surface area (Å²) in [4.78, 5) is 62.2. The molecule has 0 radical (unpaired) electrons. The predicted molar refractivity (Wildman–Crippen MR) is 345 cm³/mol. The molecule has 17 aliphatic rings. The van der Waals surface area contributed by atoms with E-state index in [1.807, 2.05) is 24.3 Å². The molecule has 13 aliphatic heterocycles. The number of nitrogens with one attached hydrogen (secondary N) is 1. The van der Waals surface area contributed by atoms with Gasteiger partial charge in [-0.3, -0.25) is 14.4 Å². The van der Waals surface area contributed by atoms with E-state index in [4.69, 9.17) is 10.8 Å². The Hall–Kier alpha value is -5.70. The number of nitrogens with two attached hydrogens (primary N) is 1. The molecule has 4 N–H and O–H groups in total. The Kier molecular flexibility index (Phi) is 17.6. The highest BCUT2D eigenvalue weighted by Crippen LogP contribution is 2.43. The third kappa shape index (κ3) is 12.3. The molecule has 0 unspecified atom stereocenters. The van der Waals surface area contributed by atoms with Crippen LogP contribution in [0.5, 0.6) is 0 Å². The van der Waals surface area contributed by atoms with Gasteiger partial charge in [0.15, 0.2) is 0 Å². The molecular weight excluding hydrogens is 1080 g/mol. The first-order valence-electron chi connectivity index (χ1n) is 34.6. The van der Waals surface area contributed by atoms with Crippen molar-refractivity contribution in [2.24, 2.45) is 29.4 Å². The summed E-state index contributed by atoms with van der Waals surface area (Å²) in [6, 6.07) is 26.3. The van der Waals surface area contributed by atoms with Gasteiger partial charge in [-0.15, -0.1) is 0 Å². The van der Waals surface area contributed by atoms with Gasteiger partial charge in [0.25, 0.3) is 17.4 Å². The summed E-state index contributed by atoms with van der Waals surface area (Å²) in [5.41, 5.74) is 19.2. The second-order valence-corrected chi connectivity index (χ2v) is 28.5. The number of hydrogen-bond donors (Lipinski definition) is 3. The van der Waals surface area contributed by atoms with Crippen LogP contribution in [-0.4, -0.2) is 155 Å². The number of aromatic nitrogens is 1. The summed E-state index contributed by atoms with van der Waals surface area (Å²) in [5.74, 6) is 3.25. The zero-order valence-electron chi connectivity index (χ0n) is 51.8. The fourth-order valence-electron chi connectivity index (χ4n) is 18.7. The molecule has 12 saturated heterocycles. The molecule has 0 spiro atoms. The molecule has 13 heteroatoms. The number of amides is 2. The van der Waals surface area contributed by atoms with Gasteiger partial charge in [0.05, 0.1) is 11.6 Å². The number of nitrogens with zero attached hydrogens (tertiary/aromatic N) is 6. The number of benzene rings is 4. The topological polar surface area (TPSA) is 148 Å². The Morgan fingerprint density at radius 2 is 1.00 bits per heavy atom.